The van der Waals surface area contributed by atoms with E-state index >= 15 is 0 Å². The first-order valence-electron chi connectivity index (χ1n) is 8.30. The number of rotatable bonds is 5. The van der Waals surface area contributed by atoms with Gasteiger partial charge >= 0.3 is 0 Å². The molecule has 0 saturated heterocycles. The molecule has 3 rings (SSSR count). The largest absolute Gasteiger partial charge is 0.324 e. The van der Waals surface area contributed by atoms with Gasteiger partial charge in [0.1, 0.15) is 6.54 Å². The van der Waals surface area contributed by atoms with Crippen LogP contribution >= 0.6 is 0 Å². The molecule has 1 heterocycles. The molecule has 1 N–H and O–H groups in total. The summed E-state index contributed by atoms with van der Waals surface area (Å²) in [5, 5.41) is 15.3. The zero-order valence-electron chi connectivity index (χ0n) is 14.7. The van der Waals surface area contributed by atoms with Crippen LogP contribution in [0, 0.1) is 13.8 Å². The minimum Gasteiger partial charge on any atom is -0.324 e. The Balaban J connectivity index is 1.74. The Kier molecular flexibility index (Phi) is 4.88. The van der Waals surface area contributed by atoms with Crippen molar-refractivity contribution in [3.63, 3.8) is 0 Å². The van der Waals surface area contributed by atoms with Gasteiger partial charge < -0.3 is 5.32 Å². The number of aromatic nitrogens is 4. The third-order valence-electron chi connectivity index (χ3n) is 4.13. The summed E-state index contributed by atoms with van der Waals surface area (Å²) in [6.45, 7) is 6.07. The van der Waals surface area contributed by atoms with Crippen molar-refractivity contribution < 1.29 is 4.79 Å². The van der Waals surface area contributed by atoms with Gasteiger partial charge in [0.15, 0.2) is 0 Å². The lowest BCUT2D eigenvalue weighted by Gasteiger charge is -2.12. The fourth-order valence-corrected chi connectivity index (χ4v) is 2.75. The Labute approximate surface area is 146 Å². The minimum atomic E-state index is -0.169. The maximum atomic E-state index is 12.4. The summed E-state index contributed by atoms with van der Waals surface area (Å²) in [4.78, 5) is 13.7. The predicted molar refractivity (Wildman–Crippen MR) is 97.2 cm³/mol. The van der Waals surface area contributed by atoms with E-state index in [0.29, 0.717) is 5.82 Å². The van der Waals surface area contributed by atoms with Crippen molar-refractivity contribution >= 4 is 11.6 Å². The lowest BCUT2D eigenvalue weighted by molar-refractivity contribution is -0.117. The molecule has 0 aliphatic rings. The standard InChI is InChI=1S/C19H21N5O/c1-4-15-10-7-9-14(3)18(15)20-17(25)12-24-22-19(21-23-24)16-11-6-5-8-13(16)2/h5-11H,4,12H2,1-3H3,(H,20,25). The van der Waals surface area contributed by atoms with Gasteiger partial charge in [0.2, 0.25) is 11.7 Å². The molecule has 0 saturated carbocycles. The molecule has 0 bridgehead atoms. The van der Waals surface area contributed by atoms with Gasteiger partial charge in [0.25, 0.3) is 0 Å². The van der Waals surface area contributed by atoms with E-state index in [9.17, 15) is 4.79 Å². The molecule has 6 heteroatoms. The third-order valence-corrected chi connectivity index (χ3v) is 4.13. The van der Waals surface area contributed by atoms with Crippen molar-refractivity contribution in [1.29, 1.82) is 0 Å². The van der Waals surface area contributed by atoms with Gasteiger partial charge in [-0.1, -0.05) is 49.4 Å². The Hall–Kier alpha value is -3.02. The van der Waals surface area contributed by atoms with Gasteiger partial charge in [-0.05, 0) is 42.2 Å². The van der Waals surface area contributed by atoms with Gasteiger partial charge in [-0.2, -0.15) is 4.80 Å². The number of nitrogens with one attached hydrogen (secondary N) is 1. The van der Waals surface area contributed by atoms with E-state index in [2.05, 4.69) is 27.7 Å². The molecule has 0 fully saturated rings. The molecule has 0 spiro atoms. The van der Waals surface area contributed by atoms with Crippen molar-refractivity contribution in [1.82, 2.24) is 20.2 Å². The minimum absolute atomic E-state index is 0.0242. The Bertz CT molecular complexity index is 900. The van der Waals surface area contributed by atoms with E-state index < -0.39 is 0 Å². The third kappa shape index (κ3) is 3.74. The number of nitrogens with zero attached hydrogens (tertiary/aromatic N) is 4. The van der Waals surface area contributed by atoms with E-state index in [4.69, 9.17) is 0 Å². The van der Waals surface area contributed by atoms with Crippen LogP contribution in [0.1, 0.15) is 23.6 Å². The summed E-state index contributed by atoms with van der Waals surface area (Å²) < 4.78 is 0. The van der Waals surface area contributed by atoms with Crippen molar-refractivity contribution in [2.24, 2.45) is 0 Å². The van der Waals surface area contributed by atoms with Crippen molar-refractivity contribution in [3.8, 4) is 11.4 Å². The number of para-hydroxylation sites is 1. The van der Waals surface area contributed by atoms with Crippen LogP contribution in [-0.2, 0) is 17.8 Å². The van der Waals surface area contributed by atoms with E-state index in [1.807, 2.05) is 56.3 Å². The lowest BCUT2D eigenvalue weighted by Crippen LogP contribution is -2.21. The normalized spacial score (nSPS) is 10.7. The highest BCUT2D eigenvalue weighted by atomic mass is 16.2. The summed E-state index contributed by atoms with van der Waals surface area (Å²) in [5.41, 5.74) is 5.01. The molecule has 6 nitrogen and oxygen atoms in total. The van der Waals surface area contributed by atoms with Gasteiger partial charge in [0, 0.05) is 11.3 Å². The number of carbonyl (C=O) groups excluding carboxylic acids is 1. The van der Waals surface area contributed by atoms with Crippen molar-refractivity contribution in [2.45, 2.75) is 33.7 Å². The molecule has 3 aromatic rings. The van der Waals surface area contributed by atoms with E-state index in [-0.39, 0.29) is 12.5 Å². The second-order valence-electron chi connectivity index (χ2n) is 5.97. The molecule has 0 atom stereocenters. The quantitative estimate of drug-likeness (QED) is 0.777. The van der Waals surface area contributed by atoms with Gasteiger partial charge in [0.05, 0.1) is 0 Å². The molecule has 25 heavy (non-hydrogen) atoms. The maximum absolute atomic E-state index is 12.4. The van der Waals surface area contributed by atoms with Crippen molar-refractivity contribution in [2.75, 3.05) is 5.32 Å². The van der Waals surface area contributed by atoms with Gasteiger partial charge in [-0.3, -0.25) is 4.79 Å². The Morgan fingerprint density at radius 2 is 1.84 bits per heavy atom. The molecule has 0 radical (unpaired) electrons. The first kappa shape index (κ1) is 16.8. The zero-order chi connectivity index (χ0) is 17.8. The lowest BCUT2D eigenvalue weighted by atomic mass is 10.1. The highest BCUT2D eigenvalue weighted by molar-refractivity contribution is 5.92. The van der Waals surface area contributed by atoms with E-state index in [0.717, 1.165) is 34.4 Å². The topological polar surface area (TPSA) is 72.7 Å². The summed E-state index contributed by atoms with van der Waals surface area (Å²) in [6, 6.07) is 13.8. The second-order valence-corrected chi connectivity index (χ2v) is 5.97. The average molecular weight is 335 g/mol. The van der Waals surface area contributed by atoms with Crippen LogP contribution in [0.3, 0.4) is 0 Å². The van der Waals surface area contributed by atoms with Crippen LogP contribution in [0.4, 0.5) is 5.69 Å². The van der Waals surface area contributed by atoms with Crippen LogP contribution in [0.25, 0.3) is 11.4 Å². The van der Waals surface area contributed by atoms with E-state index in [1.54, 1.807) is 0 Å². The van der Waals surface area contributed by atoms with Crippen LogP contribution in [-0.4, -0.2) is 26.1 Å². The molecular weight excluding hydrogens is 314 g/mol. The maximum Gasteiger partial charge on any atom is 0.248 e. The molecule has 0 aliphatic carbocycles. The number of anilines is 1. The fraction of sp³-hybridized carbons (Fsp3) is 0.263. The van der Waals surface area contributed by atoms with Crippen LogP contribution < -0.4 is 5.32 Å². The van der Waals surface area contributed by atoms with Gasteiger partial charge in [-0.15, -0.1) is 10.2 Å². The molecule has 128 valence electrons. The summed E-state index contributed by atoms with van der Waals surface area (Å²) >= 11 is 0. The number of tetrazole rings is 1. The van der Waals surface area contributed by atoms with Crippen LogP contribution in [0.5, 0.6) is 0 Å². The zero-order valence-corrected chi connectivity index (χ0v) is 14.7. The van der Waals surface area contributed by atoms with E-state index in [1.165, 1.54) is 4.80 Å². The second kappa shape index (κ2) is 7.25. The molecule has 1 aromatic heterocycles. The van der Waals surface area contributed by atoms with Crippen LogP contribution in [0.15, 0.2) is 42.5 Å². The molecule has 2 aromatic carbocycles. The molecule has 1 amide bonds. The average Bonchev–Trinajstić information content (AvgIpc) is 3.05. The fourth-order valence-electron chi connectivity index (χ4n) is 2.75. The van der Waals surface area contributed by atoms with Crippen LogP contribution in [0.2, 0.25) is 0 Å². The Morgan fingerprint density at radius 1 is 1.08 bits per heavy atom. The number of aryl methyl sites for hydroxylation is 3. The predicted octanol–water partition coefficient (Wildman–Crippen LogP) is 3.16. The SMILES string of the molecule is CCc1cccc(C)c1NC(=O)Cn1nnc(-c2ccccc2C)n1. The number of amides is 1. The smallest absolute Gasteiger partial charge is 0.248 e. The van der Waals surface area contributed by atoms with Crippen molar-refractivity contribution in [3.05, 3.63) is 59.2 Å². The number of carbonyl (C=O) groups is 1. The number of hydrogen-bond acceptors (Lipinski definition) is 4. The Morgan fingerprint density at radius 3 is 2.60 bits per heavy atom. The number of benzene rings is 2. The highest BCUT2D eigenvalue weighted by Gasteiger charge is 2.13. The molecular formula is C19H21N5O. The number of hydrogen-bond donors (Lipinski definition) is 1. The molecule has 0 unspecified atom stereocenters. The first-order valence-corrected chi connectivity index (χ1v) is 8.30. The summed E-state index contributed by atoms with van der Waals surface area (Å²) in [6.07, 6.45) is 0.857. The summed E-state index contributed by atoms with van der Waals surface area (Å²) in [7, 11) is 0. The van der Waals surface area contributed by atoms with Gasteiger partial charge in [-0.25, -0.2) is 0 Å². The monoisotopic (exact) mass is 335 g/mol. The highest BCUT2D eigenvalue weighted by Crippen LogP contribution is 2.21. The first-order chi connectivity index (χ1) is 12.1. The molecule has 0 aliphatic heterocycles. The summed E-state index contributed by atoms with van der Waals surface area (Å²) in [5.74, 6) is 0.355.